The average molecular weight is 384 g/mol. The Hall–Kier alpha value is -2.69. The van der Waals surface area contributed by atoms with Gasteiger partial charge in [0.05, 0.1) is 0 Å². The molecule has 2 rings (SSSR count). The summed E-state index contributed by atoms with van der Waals surface area (Å²) >= 11 is 0. The molecule has 2 aromatic rings. The highest BCUT2D eigenvalue weighted by atomic mass is 19.1. The molecule has 1 atom stereocenters. The van der Waals surface area contributed by atoms with Crippen molar-refractivity contribution in [1.82, 2.24) is 10.2 Å². The van der Waals surface area contributed by atoms with Gasteiger partial charge in [-0.3, -0.25) is 9.59 Å². The van der Waals surface area contributed by atoms with E-state index in [1.807, 2.05) is 51.1 Å². The number of aryl methyl sites for hydroxylation is 1. The van der Waals surface area contributed by atoms with Crippen molar-refractivity contribution in [2.24, 2.45) is 0 Å². The second-order valence-electron chi connectivity index (χ2n) is 7.22. The van der Waals surface area contributed by atoms with Gasteiger partial charge in [0.1, 0.15) is 11.9 Å². The van der Waals surface area contributed by atoms with E-state index in [9.17, 15) is 14.0 Å². The van der Waals surface area contributed by atoms with Crippen LogP contribution in [0.15, 0.2) is 54.6 Å². The predicted octanol–water partition coefficient (Wildman–Crippen LogP) is 4.09. The SMILES string of the molecule is CC[C@H](C(=O)NC(C)C)N(Cc1ccc(F)cc1)C(=O)CCc1ccccc1. The van der Waals surface area contributed by atoms with Crippen molar-refractivity contribution in [3.63, 3.8) is 0 Å². The Labute approximate surface area is 166 Å². The summed E-state index contributed by atoms with van der Waals surface area (Å²) in [4.78, 5) is 27.4. The van der Waals surface area contributed by atoms with Gasteiger partial charge in [-0.05, 0) is 49.9 Å². The molecule has 0 radical (unpaired) electrons. The van der Waals surface area contributed by atoms with Crippen molar-refractivity contribution in [3.05, 3.63) is 71.5 Å². The fraction of sp³-hybridized carbons (Fsp3) is 0.391. The molecular weight excluding hydrogens is 355 g/mol. The largest absolute Gasteiger partial charge is 0.352 e. The summed E-state index contributed by atoms with van der Waals surface area (Å²) in [6, 6.07) is 15.3. The number of nitrogens with zero attached hydrogens (tertiary/aromatic N) is 1. The van der Waals surface area contributed by atoms with Crippen molar-refractivity contribution in [2.75, 3.05) is 0 Å². The van der Waals surface area contributed by atoms with E-state index in [-0.39, 0.29) is 30.2 Å². The van der Waals surface area contributed by atoms with Gasteiger partial charge in [0, 0.05) is 19.0 Å². The van der Waals surface area contributed by atoms with E-state index in [0.717, 1.165) is 11.1 Å². The van der Waals surface area contributed by atoms with Crippen LogP contribution in [0, 0.1) is 5.82 Å². The van der Waals surface area contributed by atoms with Crippen LogP contribution in [0.1, 0.15) is 44.7 Å². The first-order chi connectivity index (χ1) is 13.4. The number of nitrogens with one attached hydrogen (secondary N) is 1. The molecule has 0 aliphatic rings. The van der Waals surface area contributed by atoms with Crippen LogP contribution in [0.4, 0.5) is 4.39 Å². The van der Waals surface area contributed by atoms with Gasteiger partial charge in [0.15, 0.2) is 0 Å². The van der Waals surface area contributed by atoms with Crippen molar-refractivity contribution in [2.45, 2.75) is 58.7 Å². The summed E-state index contributed by atoms with van der Waals surface area (Å²) in [5, 5.41) is 2.90. The third-order valence-electron chi connectivity index (χ3n) is 4.55. The lowest BCUT2D eigenvalue weighted by Gasteiger charge is -2.31. The smallest absolute Gasteiger partial charge is 0.243 e. The Balaban J connectivity index is 2.18. The minimum atomic E-state index is -0.560. The zero-order valence-electron chi connectivity index (χ0n) is 16.8. The van der Waals surface area contributed by atoms with E-state index in [1.54, 1.807) is 17.0 Å². The van der Waals surface area contributed by atoms with Crippen LogP contribution in [0.3, 0.4) is 0 Å². The highest BCUT2D eigenvalue weighted by Crippen LogP contribution is 2.16. The Bertz CT molecular complexity index is 760. The van der Waals surface area contributed by atoms with E-state index in [2.05, 4.69) is 5.32 Å². The van der Waals surface area contributed by atoms with Gasteiger partial charge in [-0.1, -0.05) is 49.4 Å². The monoisotopic (exact) mass is 384 g/mol. The molecule has 0 fully saturated rings. The standard InChI is InChI=1S/C23H29FN2O2/c1-4-21(23(28)25-17(2)3)26(16-19-10-13-20(24)14-11-19)22(27)15-12-18-8-6-5-7-9-18/h5-11,13-14,17,21H,4,12,15-16H2,1-3H3,(H,25,28)/t21-/m1/s1. The molecule has 0 saturated carbocycles. The fourth-order valence-electron chi connectivity index (χ4n) is 3.13. The van der Waals surface area contributed by atoms with Gasteiger partial charge in [-0.25, -0.2) is 4.39 Å². The molecule has 0 bridgehead atoms. The molecule has 5 heteroatoms. The molecule has 0 heterocycles. The molecule has 0 unspecified atom stereocenters. The molecule has 2 amide bonds. The van der Waals surface area contributed by atoms with Crippen LogP contribution in [-0.2, 0) is 22.6 Å². The number of amides is 2. The van der Waals surface area contributed by atoms with Crippen LogP contribution in [-0.4, -0.2) is 28.8 Å². The number of carbonyl (C=O) groups is 2. The first-order valence-electron chi connectivity index (χ1n) is 9.79. The van der Waals surface area contributed by atoms with Crippen LogP contribution in [0.5, 0.6) is 0 Å². The van der Waals surface area contributed by atoms with Crippen LogP contribution >= 0.6 is 0 Å². The zero-order chi connectivity index (χ0) is 20.5. The van der Waals surface area contributed by atoms with Gasteiger partial charge in [-0.2, -0.15) is 0 Å². The maximum Gasteiger partial charge on any atom is 0.243 e. The molecule has 0 aliphatic carbocycles. The molecule has 0 aromatic heterocycles. The van der Waals surface area contributed by atoms with Gasteiger partial charge < -0.3 is 10.2 Å². The molecule has 0 spiro atoms. The highest BCUT2D eigenvalue weighted by molar-refractivity contribution is 5.87. The fourth-order valence-corrected chi connectivity index (χ4v) is 3.13. The van der Waals surface area contributed by atoms with E-state index in [4.69, 9.17) is 0 Å². The Morgan fingerprint density at radius 2 is 1.64 bits per heavy atom. The number of halogens is 1. The average Bonchev–Trinajstić information content (AvgIpc) is 2.67. The van der Waals surface area contributed by atoms with Gasteiger partial charge >= 0.3 is 0 Å². The molecule has 4 nitrogen and oxygen atoms in total. The molecule has 28 heavy (non-hydrogen) atoms. The van der Waals surface area contributed by atoms with E-state index >= 15 is 0 Å². The zero-order valence-corrected chi connectivity index (χ0v) is 16.8. The molecule has 1 N–H and O–H groups in total. The van der Waals surface area contributed by atoms with Crippen molar-refractivity contribution in [1.29, 1.82) is 0 Å². The summed E-state index contributed by atoms with van der Waals surface area (Å²) < 4.78 is 13.2. The number of benzene rings is 2. The van der Waals surface area contributed by atoms with Gasteiger partial charge in [-0.15, -0.1) is 0 Å². The van der Waals surface area contributed by atoms with Crippen molar-refractivity contribution in [3.8, 4) is 0 Å². The number of rotatable bonds is 9. The Kier molecular flexibility index (Phi) is 8.18. The summed E-state index contributed by atoms with van der Waals surface area (Å²) in [6.45, 7) is 5.96. The summed E-state index contributed by atoms with van der Waals surface area (Å²) in [7, 11) is 0. The second kappa shape index (κ2) is 10.6. The number of hydrogen-bond acceptors (Lipinski definition) is 2. The summed E-state index contributed by atoms with van der Waals surface area (Å²) in [5.74, 6) is -0.568. The normalized spacial score (nSPS) is 11.9. The van der Waals surface area contributed by atoms with Crippen LogP contribution < -0.4 is 5.32 Å². The minimum absolute atomic E-state index is 0.00589. The third-order valence-corrected chi connectivity index (χ3v) is 4.55. The van der Waals surface area contributed by atoms with E-state index in [0.29, 0.717) is 19.3 Å². The molecule has 0 aliphatic heterocycles. The molecule has 0 saturated heterocycles. The molecule has 150 valence electrons. The second-order valence-corrected chi connectivity index (χ2v) is 7.22. The third kappa shape index (κ3) is 6.48. The maximum atomic E-state index is 13.2. The number of hydrogen-bond donors (Lipinski definition) is 1. The highest BCUT2D eigenvalue weighted by Gasteiger charge is 2.28. The summed E-state index contributed by atoms with van der Waals surface area (Å²) in [6.07, 6.45) is 1.44. The lowest BCUT2D eigenvalue weighted by Crippen LogP contribution is -2.50. The lowest BCUT2D eigenvalue weighted by atomic mass is 10.1. The van der Waals surface area contributed by atoms with Crippen molar-refractivity contribution >= 4 is 11.8 Å². The quantitative estimate of drug-likeness (QED) is 0.708. The maximum absolute atomic E-state index is 13.2. The molecular formula is C23H29FN2O2. The Morgan fingerprint density at radius 3 is 2.21 bits per heavy atom. The van der Waals surface area contributed by atoms with E-state index < -0.39 is 6.04 Å². The minimum Gasteiger partial charge on any atom is -0.352 e. The first kappa shape index (κ1) is 21.6. The molecule has 2 aromatic carbocycles. The van der Waals surface area contributed by atoms with Crippen LogP contribution in [0.2, 0.25) is 0 Å². The van der Waals surface area contributed by atoms with Gasteiger partial charge in [0.2, 0.25) is 11.8 Å². The summed E-state index contributed by atoms with van der Waals surface area (Å²) in [5.41, 5.74) is 1.88. The topological polar surface area (TPSA) is 49.4 Å². The van der Waals surface area contributed by atoms with Crippen LogP contribution in [0.25, 0.3) is 0 Å². The predicted molar refractivity (Wildman–Crippen MR) is 109 cm³/mol. The Morgan fingerprint density at radius 1 is 1.00 bits per heavy atom. The van der Waals surface area contributed by atoms with Crippen molar-refractivity contribution < 1.29 is 14.0 Å². The first-order valence-corrected chi connectivity index (χ1v) is 9.79. The lowest BCUT2D eigenvalue weighted by molar-refractivity contribution is -0.141. The number of carbonyl (C=O) groups excluding carboxylic acids is 2. The van der Waals surface area contributed by atoms with Gasteiger partial charge in [0.25, 0.3) is 0 Å². The van der Waals surface area contributed by atoms with E-state index in [1.165, 1.54) is 12.1 Å².